The van der Waals surface area contributed by atoms with Gasteiger partial charge in [-0.1, -0.05) is 62.4 Å². The molecule has 8 nitrogen and oxygen atoms in total. The summed E-state index contributed by atoms with van der Waals surface area (Å²) in [5.41, 5.74) is 7.63. The van der Waals surface area contributed by atoms with Crippen LogP contribution in [0.1, 0.15) is 39.2 Å². The summed E-state index contributed by atoms with van der Waals surface area (Å²) in [4.78, 5) is 33.4. The Balaban J connectivity index is 0.000000827. The Hall–Kier alpha value is -2.94. The molecule has 0 fully saturated rings. The zero-order valence-electron chi connectivity index (χ0n) is 19.8. The molecule has 34 heavy (non-hydrogen) atoms. The van der Waals surface area contributed by atoms with Crippen LogP contribution < -0.4 is 16.4 Å². The van der Waals surface area contributed by atoms with E-state index in [4.69, 9.17) is 10.8 Å². The number of carboxylic acid groups (broad SMARTS) is 1. The molecule has 0 aliphatic carbocycles. The first-order valence-electron chi connectivity index (χ1n) is 10.9. The van der Waals surface area contributed by atoms with Crippen molar-refractivity contribution in [3.8, 4) is 0 Å². The average molecular weight is 494 g/mol. The molecular formula is C25H36ClN3O5. The molecule has 0 spiro atoms. The summed E-state index contributed by atoms with van der Waals surface area (Å²) in [6, 6.07) is 17.5. The molecular weight excluding hydrogens is 458 g/mol. The van der Waals surface area contributed by atoms with Gasteiger partial charge in [0.25, 0.3) is 0 Å². The Bertz CT molecular complexity index is 865. The highest BCUT2D eigenvalue weighted by atomic mass is 35.5. The molecule has 0 aliphatic heterocycles. The van der Waals surface area contributed by atoms with Crippen molar-refractivity contribution >= 4 is 35.9 Å². The first-order chi connectivity index (χ1) is 15.6. The largest absolute Gasteiger partial charge is 0.481 e. The van der Waals surface area contributed by atoms with E-state index in [0.29, 0.717) is 6.42 Å². The van der Waals surface area contributed by atoms with Crippen molar-refractivity contribution in [2.45, 2.75) is 58.2 Å². The number of benzene rings is 2. The normalized spacial score (nSPS) is 12.8. The lowest BCUT2D eigenvalue weighted by molar-refractivity contribution is -0.137. The third-order valence-corrected chi connectivity index (χ3v) is 4.86. The van der Waals surface area contributed by atoms with Crippen molar-refractivity contribution < 1.29 is 24.6 Å². The number of carbonyl (C=O) groups is 3. The van der Waals surface area contributed by atoms with Crippen molar-refractivity contribution in [2.24, 2.45) is 11.7 Å². The third kappa shape index (κ3) is 12.9. The maximum atomic E-state index is 12.2. The van der Waals surface area contributed by atoms with Crippen LogP contribution in [0.5, 0.6) is 0 Å². The van der Waals surface area contributed by atoms with Crippen LogP contribution >= 0.6 is 12.4 Å². The molecule has 0 heterocycles. The van der Waals surface area contributed by atoms with Gasteiger partial charge in [-0.3, -0.25) is 14.4 Å². The van der Waals surface area contributed by atoms with Gasteiger partial charge in [0.05, 0.1) is 18.2 Å². The summed E-state index contributed by atoms with van der Waals surface area (Å²) in [7, 11) is 0. The van der Waals surface area contributed by atoms with Gasteiger partial charge in [0.2, 0.25) is 11.8 Å². The second-order valence-electron chi connectivity index (χ2n) is 8.12. The van der Waals surface area contributed by atoms with E-state index in [1.54, 1.807) is 0 Å². The molecule has 3 unspecified atom stereocenters. The van der Waals surface area contributed by atoms with Gasteiger partial charge in [0, 0.05) is 19.0 Å². The number of para-hydroxylation sites is 1. The van der Waals surface area contributed by atoms with Crippen LogP contribution in [0, 0.1) is 5.92 Å². The van der Waals surface area contributed by atoms with Crippen LogP contribution in [0.4, 0.5) is 5.69 Å². The van der Waals surface area contributed by atoms with Crippen LogP contribution in [-0.4, -0.2) is 46.2 Å². The highest BCUT2D eigenvalue weighted by Gasteiger charge is 2.26. The summed E-state index contributed by atoms with van der Waals surface area (Å²) in [5, 5.41) is 24.5. The Labute approximate surface area is 207 Å². The summed E-state index contributed by atoms with van der Waals surface area (Å²) in [6.45, 7) is 5.18. The SMILES string of the molecule is CC(=O)Nc1ccccc1.CC(C)C(N)C(=O)NC(Cc1ccccc1)C(O)CCC(=O)O.Cl. The monoisotopic (exact) mass is 493 g/mol. The molecule has 0 saturated heterocycles. The quantitative estimate of drug-likeness (QED) is 0.344. The first kappa shape index (κ1) is 31.1. The molecule has 2 amide bonds. The van der Waals surface area contributed by atoms with Gasteiger partial charge in [-0.15, -0.1) is 12.4 Å². The number of nitrogens with two attached hydrogens (primary N) is 1. The minimum atomic E-state index is -0.979. The standard InChI is InChI=1S/C17H26N2O4.C8H9NO.ClH/c1-11(2)16(18)17(23)19-13(14(20)8-9-15(21)22)10-12-6-4-3-5-7-12;1-7(10)9-8-5-3-2-4-6-8;/h3-7,11,13-14,16,20H,8-10,18H2,1-2H3,(H,19,23)(H,21,22);2-6H,1H3,(H,9,10);1H. The van der Waals surface area contributed by atoms with E-state index < -0.39 is 24.2 Å². The predicted octanol–water partition coefficient (Wildman–Crippen LogP) is 2.99. The van der Waals surface area contributed by atoms with Crippen molar-refractivity contribution in [2.75, 3.05) is 5.32 Å². The van der Waals surface area contributed by atoms with E-state index in [9.17, 15) is 19.5 Å². The fraction of sp³-hybridized carbons (Fsp3) is 0.400. The van der Waals surface area contributed by atoms with Crippen LogP contribution in [0.3, 0.4) is 0 Å². The number of hydrogen-bond donors (Lipinski definition) is 5. The number of aliphatic hydroxyl groups excluding tert-OH is 1. The number of anilines is 1. The zero-order valence-corrected chi connectivity index (χ0v) is 20.6. The van der Waals surface area contributed by atoms with Gasteiger partial charge in [0.15, 0.2) is 0 Å². The van der Waals surface area contributed by atoms with Crippen molar-refractivity contribution in [3.63, 3.8) is 0 Å². The predicted molar refractivity (Wildman–Crippen MR) is 136 cm³/mol. The molecule has 0 bridgehead atoms. The van der Waals surface area contributed by atoms with Crippen molar-refractivity contribution in [1.82, 2.24) is 5.32 Å². The molecule has 6 N–H and O–H groups in total. The second kappa shape index (κ2) is 16.6. The topological polar surface area (TPSA) is 142 Å². The number of aliphatic hydroxyl groups is 1. The van der Waals surface area contributed by atoms with Gasteiger partial charge in [-0.25, -0.2) is 0 Å². The van der Waals surface area contributed by atoms with Gasteiger partial charge < -0.3 is 26.6 Å². The van der Waals surface area contributed by atoms with E-state index in [-0.39, 0.29) is 43.0 Å². The summed E-state index contributed by atoms with van der Waals surface area (Å²) >= 11 is 0. The molecule has 3 atom stereocenters. The summed E-state index contributed by atoms with van der Waals surface area (Å²) in [5.74, 6) is -1.38. The van der Waals surface area contributed by atoms with Gasteiger partial charge in [-0.05, 0) is 36.5 Å². The van der Waals surface area contributed by atoms with Crippen LogP contribution in [0.15, 0.2) is 60.7 Å². The Morgan fingerprint density at radius 1 is 0.971 bits per heavy atom. The maximum Gasteiger partial charge on any atom is 0.303 e. The molecule has 0 aliphatic rings. The number of amides is 2. The number of aliphatic carboxylic acids is 1. The van der Waals surface area contributed by atoms with E-state index in [2.05, 4.69) is 10.6 Å². The highest BCUT2D eigenvalue weighted by Crippen LogP contribution is 2.11. The number of nitrogens with one attached hydrogen (secondary N) is 2. The Kier molecular flexibility index (Phi) is 15.2. The Morgan fingerprint density at radius 2 is 1.50 bits per heavy atom. The number of carboxylic acids is 1. The van der Waals surface area contributed by atoms with E-state index in [1.165, 1.54) is 6.92 Å². The third-order valence-electron chi connectivity index (χ3n) is 4.86. The smallest absolute Gasteiger partial charge is 0.303 e. The molecule has 0 radical (unpaired) electrons. The zero-order chi connectivity index (χ0) is 24.8. The van der Waals surface area contributed by atoms with Crippen molar-refractivity contribution in [1.29, 1.82) is 0 Å². The van der Waals surface area contributed by atoms with E-state index in [1.807, 2.05) is 74.5 Å². The lowest BCUT2D eigenvalue weighted by Gasteiger charge is -2.26. The molecule has 0 saturated carbocycles. The minimum Gasteiger partial charge on any atom is -0.481 e. The summed E-state index contributed by atoms with van der Waals surface area (Å²) in [6.07, 6.45) is -0.615. The highest BCUT2D eigenvalue weighted by molar-refractivity contribution is 5.88. The molecule has 188 valence electrons. The number of halogens is 1. The molecule has 2 aromatic carbocycles. The lowest BCUT2D eigenvalue weighted by Crippen LogP contribution is -2.52. The van der Waals surface area contributed by atoms with Crippen LogP contribution in [0.2, 0.25) is 0 Å². The average Bonchev–Trinajstić information content (AvgIpc) is 2.77. The van der Waals surface area contributed by atoms with Gasteiger partial charge >= 0.3 is 5.97 Å². The fourth-order valence-corrected chi connectivity index (χ4v) is 2.93. The minimum absolute atomic E-state index is 0. The second-order valence-corrected chi connectivity index (χ2v) is 8.12. The van der Waals surface area contributed by atoms with E-state index >= 15 is 0 Å². The fourth-order valence-electron chi connectivity index (χ4n) is 2.93. The molecule has 2 aromatic rings. The maximum absolute atomic E-state index is 12.2. The van der Waals surface area contributed by atoms with Gasteiger partial charge in [-0.2, -0.15) is 0 Å². The number of hydrogen-bond acceptors (Lipinski definition) is 5. The Morgan fingerprint density at radius 3 is 1.97 bits per heavy atom. The lowest BCUT2D eigenvalue weighted by atomic mass is 9.97. The molecule has 0 aromatic heterocycles. The van der Waals surface area contributed by atoms with E-state index in [0.717, 1.165) is 11.3 Å². The van der Waals surface area contributed by atoms with Gasteiger partial charge in [0.1, 0.15) is 0 Å². The van der Waals surface area contributed by atoms with Crippen molar-refractivity contribution in [3.05, 3.63) is 66.2 Å². The molecule has 2 rings (SSSR count). The summed E-state index contributed by atoms with van der Waals surface area (Å²) < 4.78 is 0. The number of rotatable bonds is 10. The number of carbonyl (C=O) groups excluding carboxylic acids is 2. The molecule has 9 heteroatoms. The van der Waals surface area contributed by atoms with Crippen LogP contribution in [0.25, 0.3) is 0 Å². The van der Waals surface area contributed by atoms with Crippen LogP contribution in [-0.2, 0) is 20.8 Å². The first-order valence-corrected chi connectivity index (χ1v) is 10.9.